The molecule has 3 rings (SSSR count). The fourth-order valence-electron chi connectivity index (χ4n) is 3.95. The van der Waals surface area contributed by atoms with Crippen molar-refractivity contribution in [2.24, 2.45) is 0 Å². The number of esters is 1. The summed E-state index contributed by atoms with van der Waals surface area (Å²) in [5.74, 6) is -1.11. The molecule has 2 aromatic carbocycles. The summed E-state index contributed by atoms with van der Waals surface area (Å²) in [6.45, 7) is 2.75. The number of alkyl halides is 3. The minimum atomic E-state index is -4.83. The molecule has 1 heterocycles. The fourth-order valence-corrected chi connectivity index (χ4v) is 4.63. The Bertz CT molecular complexity index is 1430. The average Bonchev–Trinajstić information content (AvgIpc) is 3.05. The molecule has 2 amide bonds. The number of nitriles is 1. The molecule has 2 aromatic rings. The molecule has 0 aromatic heterocycles. The van der Waals surface area contributed by atoms with Crippen molar-refractivity contribution in [1.82, 2.24) is 4.90 Å². The molecule has 0 radical (unpaired) electrons. The van der Waals surface area contributed by atoms with Gasteiger partial charge in [-0.2, -0.15) is 18.4 Å². The zero-order chi connectivity index (χ0) is 30.7. The molecule has 15 heteroatoms. The van der Waals surface area contributed by atoms with Crippen LogP contribution in [0.4, 0.5) is 35.0 Å². The second-order valence-electron chi connectivity index (χ2n) is 9.54. The van der Waals surface area contributed by atoms with Crippen molar-refractivity contribution in [3.05, 3.63) is 52.5 Å². The van der Waals surface area contributed by atoms with E-state index in [2.05, 4.69) is 5.32 Å². The van der Waals surface area contributed by atoms with Crippen LogP contribution < -0.4 is 15.1 Å². The molecule has 0 atom stereocenters. The Morgan fingerprint density at radius 3 is 2.37 bits per heavy atom. The molecular formula is C26H25ClF3N5O5S. The highest BCUT2D eigenvalue weighted by Gasteiger charge is 2.50. The highest BCUT2D eigenvalue weighted by molar-refractivity contribution is 7.81. The minimum absolute atomic E-state index is 0.0674. The molecule has 1 aliphatic rings. The smallest absolute Gasteiger partial charge is 0.417 e. The van der Waals surface area contributed by atoms with E-state index in [-0.39, 0.29) is 41.3 Å². The van der Waals surface area contributed by atoms with Crippen LogP contribution in [-0.2, 0) is 25.2 Å². The number of carbonyl (C=O) groups is 3. The lowest BCUT2D eigenvalue weighted by Crippen LogP contribution is -2.44. The van der Waals surface area contributed by atoms with E-state index in [0.717, 1.165) is 11.0 Å². The highest BCUT2D eigenvalue weighted by atomic mass is 35.5. The Morgan fingerprint density at radius 2 is 1.76 bits per heavy atom. The first-order valence-corrected chi connectivity index (χ1v) is 12.7. The van der Waals surface area contributed by atoms with Crippen LogP contribution in [0.2, 0.25) is 5.02 Å². The van der Waals surface area contributed by atoms with Crippen LogP contribution in [0.1, 0.15) is 25.0 Å². The molecule has 0 bridgehead atoms. The Labute approximate surface area is 244 Å². The lowest BCUT2D eigenvalue weighted by Gasteiger charge is -2.30. The van der Waals surface area contributed by atoms with E-state index in [1.54, 1.807) is 19.0 Å². The Hall–Kier alpha value is -3.93. The first kappa shape index (κ1) is 31.6. The number of thiocarbonyl (C=S) groups is 1. The third-order valence-electron chi connectivity index (χ3n) is 5.82. The van der Waals surface area contributed by atoms with Gasteiger partial charge < -0.3 is 14.4 Å². The maximum absolute atomic E-state index is 13.6. The van der Waals surface area contributed by atoms with Crippen molar-refractivity contribution in [3.63, 3.8) is 0 Å². The van der Waals surface area contributed by atoms with E-state index in [1.807, 2.05) is 0 Å². The van der Waals surface area contributed by atoms with Gasteiger partial charge in [-0.3, -0.25) is 24.7 Å². The summed E-state index contributed by atoms with van der Waals surface area (Å²) < 4.78 is 50.7. The topological polar surface area (TPSA) is 115 Å². The number of hydrogen-bond acceptors (Lipinski definition) is 8. The van der Waals surface area contributed by atoms with Crippen molar-refractivity contribution in [2.45, 2.75) is 25.6 Å². The van der Waals surface area contributed by atoms with Crippen molar-refractivity contribution in [2.75, 3.05) is 49.0 Å². The maximum atomic E-state index is 13.6. The zero-order valence-electron chi connectivity index (χ0n) is 22.3. The van der Waals surface area contributed by atoms with E-state index in [9.17, 15) is 27.6 Å². The first-order chi connectivity index (χ1) is 19.1. The van der Waals surface area contributed by atoms with E-state index >= 15 is 0 Å². The summed E-state index contributed by atoms with van der Waals surface area (Å²) in [7, 11) is 3.40. The van der Waals surface area contributed by atoms with Gasteiger partial charge in [0.1, 0.15) is 18.8 Å². The van der Waals surface area contributed by atoms with Crippen molar-refractivity contribution < 1.29 is 37.0 Å². The zero-order valence-corrected chi connectivity index (χ0v) is 23.9. The fraction of sp³-hybridized carbons (Fsp3) is 0.346. The van der Waals surface area contributed by atoms with E-state index in [1.165, 1.54) is 49.1 Å². The predicted molar refractivity (Wildman–Crippen MR) is 149 cm³/mol. The molecule has 1 saturated heterocycles. The predicted octanol–water partition coefficient (Wildman–Crippen LogP) is 4.80. The summed E-state index contributed by atoms with van der Waals surface area (Å²) in [5, 5.41) is 11.6. The molecule has 41 heavy (non-hydrogen) atoms. The van der Waals surface area contributed by atoms with Crippen LogP contribution >= 0.6 is 23.8 Å². The number of rotatable bonds is 8. The molecule has 0 saturated carbocycles. The third-order valence-corrected chi connectivity index (χ3v) is 6.52. The van der Waals surface area contributed by atoms with Gasteiger partial charge in [0, 0.05) is 5.69 Å². The summed E-state index contributed by atoms with van der Waals surface area (Å²) >= 11 is 11.8. The number of hydrogen-bond donors (Lipinski definition) is 1. The summed E-state index contributed by atoms with van der Waals surface area (Å²) in [6.07, 6.45) is -5.73. The van der Waals surface area contributed by atoms with Crippen LogP contribution in [0, 0.1) is 11.3 Å². The number of amides is 2. The van der Waals surface area contributed by atoms with Gasteiger partial charge >= 0.3 is 18.2 Å². The summed E-state index contributed by atoms with van der Waals surface area (Å²) in [4.78, 5) is 41.3. The third kappa shape index (κ3) is 7.05. The quantitative estimate of drug-likeness (QED) is 0.255. The number of nitrogens with one attached hydrogen (secondary N) is 1. The van der Waals surface area contributed by atoms with Crippen molar-refractivity contribution in [3.8, 4) is 6.07 Å². The molecule has 0 spiro atoms. The molecule has 0 unspecified atom stereocenters. The molecule has 10 nitrogen and oxygen atoms in total. The highest BCUT2D eigenvalue weighted by Crippen LogP contribution is 2.40. The molecule has 0 aliphatic carbocycles. The Balaban J connectivity index is 1.82. The second-order valence-corrected chi connectivity index (χ2v) is 10.3. The number of carbonyl (C=O) groups excluding carboxylic acids is 3. The van der Waals surface area contributed by atoms with Crippen LogP contribution in [0.25, 0.3) is 0 Å². The molecular weight excluding hydrogens is 587 g/mol. The molecule has 218 valence electrons. The molecule has 1 aliphatic heterocycles. The van der Waals surface area contributed by atoms with Crippen molar-refractivity contribution >= 4 is 64.0 Å². The average molecular weight is 612 g/mol. The lowest BCUT2D eigenvalue weighted by molar-refractivity contribution is -0.145. The molecule has 1 N–H and O–H groups in total. The molecule has 1 fully saturated rings. The van der Waals surface area contributed by atoms with E-state index in [4.69, 9.17) is 38.6 Å². The van der Waals surface area contributed by atoms with Crippen LogP contribution in [0.3, 0.4) is 0 Å². The van der Waals surface area contributed by atoms with Gasteiger partial charge in [0.05, 0.1) is 40.1 Å². The minimum Gasteiger partial charge on any atom is -0.461 e. The number of nitrogens with zero attached hydrogens (tertiary/aromatic N) is 4. The number of benzene rings is 2. The van der Waals surface area contributed by atoms with Crippen molar-refractivity contribution in [1.29, 1.82) is 5.26 Å². The second kappa shape index (κ2) is 12.3. The van der Waals surface area contributed by atoms with Gasteiger partial charge in [0.2, 0.25) is 0 Å². The lowest BCUT2D eigenvalue weighted by atomic mass is 10.0. The van der Waals surface area contributed by atoms with Gasteiger partial charge in [0.25, 0.3) is 5.91 Å². The van der Waals surface area contributed by atoms with Crippen LogP contribution in [0.15, 0.2) is 36.4 Å². The normalized spacial score (nSPS) is 14.7. The van der Waals surface area contributed by atoms with Gasteiger partial charge in [-0.05, 0) is 76.6 Å². The SMILES string of the molecule is CN(C)CC(=O)OCCOC(=O)Nc1cc(N2C(=S)N(c3ccc(C#N)c(C(F)(F)F)c3)C(=O)C2(C)C)ccc1Cl. The van der Waals surface area contributed by atoms with Gasteiger partial charge in [-0.15, -0.1) is 0 Å². The Morgan fingerprint density at radius 1 is 1.12 bits per heavy atom. The van der Waals surface area contributed by atoms with Gasteiger partial charge in [0.15, 0.2) is 5.11 Å². The summed E-state index contributed by atoms with van der Waals surface area (Å²) in [6, 6.07) is 8.76. The first-order valence-electron chi connectivity index (χ1n) is 11.9. The summed E-state index contributed by atoms with van der Waals surface area (Å²) in [5.41, 5.74) is -2.91. The monoisotopic (exact) mass is 611 g/mol. The number of likely N-dealkylation sites (N-methyl/N-ethyl adjacent to an activating group) is 1. The standard InChI is InChI=1S/C26H25ClF3N5O5S/c1-25(2)22(37)34(16-6-5-15(13-31)18(11-16)26(28,29)30)24(41)35(25)17-7-8-19(27)20(12-17)32-23(38)40-10-9-39-21(36)14-33(3)4/h5-8,11-12H,9-10,14H2,1-4H3,(H,32,38). The maximum Gasteiger partial charge on any atom is 0.417 e. The van der Waals surface area contributed by atoms with Crippen LogP contribution in [-0.4, -0.2) is 67.4 Å². The number of halogens is 4. The Kier molecular flexibility index (Phi) is 9.47. The van der Waals surface area contributed by atoms with Crippen LogP contribution in [0.5, 0.6) is 0 Å². The number of anilines is 3. The van der Waals surface area contributed by atoms with Gasteiger partial charge in [-0.25, -0.2) is 4.79 Å². The van der Waals surface area contributed by atoms with E-state index < -0.39 is 40.8 Å². The van der Waals surface area contributed by atoms with E-state index in [0.29, 0.717) is 11.8 Å². The van der Waals surface area contributed by atoms with Gasteiger partial charge in [-0.1, -0.05) is 11.6 Å². The number of ether oxygens (including phenoxy) is 2. The largest absolute Gasteiger partial charge is 0.461 e.